The van der Waals surface area contributed by atoms with Gasteiger partial charge < -0.3 is 29.7 Å². The van der Waals surface area contributed by atoms with E-state index in [9.17, 15) is 24.3 Å². The molecule has 198 valence electrons. The molecule has 3 N–H and O–H groups in total. The monoisotopic (exact) mass is 523 g/mol. The molecule has 2 saturated heterocycles. The number of rotatable bonds is 6. The highest BCUT2D eigenvalue weighted by Crippen LogP contribution is 2.27. The second-order valence-electron chi connectivity index (χ2n) is 8.81. The van der Waals surface area contributed by atoms with Crippen molar-refractivity contribution < 1.29 is 33.5 Å². The lowest BCUT2D eigenvalue weighted by Crippen LogP contribution is -2.55. The molecule has 2 atom stereocenters. The Bertz CT molecular complexity index is 1430. The van der Waals surface area contributed by atoms with Gasteiger partial charge in [-0.3, -0.25) is 23.9 Å². The van der Waals surface area contributed by atoms with Crippen LogP contribution in [0.25, 0.3) is 11.4 Å². The number of aliphatic hydroxyl groups is 1. The van der Waals surface area contributed by atoms with Gasteiger partial charge in [0.2, 0.25) is 0 Å². The van der Waals surface area contributed by atoms with Gasteiger partial charge in [-0.15, -0.1) is 0 Å². The molecule has 3 heterocycles. The summed E-state index contributed by atoms with van der Waals surface area (Å²) in [5.41, 5.74) is 2.78. The fourth-order valence-corrected chi connectivity index (χ4v) is 4.42. The number of aliphatic hydroxyl groups excluding tert-OH is 1. The number of anilines is 3. The lowest BCUT2D eigenvalue weighted by molar-refractivity contribution is -0.150. The maximum atomic E-state index is 13.2. The summed E-state index contributed by atoms with van der Waals surface area (Å²) in [5.74, 6) is -2.02. The molecule has 3 aromatic rings. The number of hydrogen-bond acceptors (Lipinski definition) is 9. The Morgan fingerprint density at radius 2 is 1.87 bits per heavy atom. The first-order chi connectivity index (χ1) is 18.3. The molecule has 0 bridgehead atoms. The van der Waals surface area contributed by atoms with Crippen molar-refractivity contribution in [3.63, 3.8) is 0 Å². The number of nitrogens with zero attached hydrogens (tertiary/aromatic N) is 3. The molecule has 1 aromatic heterocycles. The van der Waals surface area contributed by atoms with Gasteiger partial charge in [0.25, 0.3) is 17.7 Å². The molecule has 2 aliphatic rings. The molecular formula is C25H25N5O8. The zero-order valence-corrected chi connectivity index (χ0v) is 20.4. The summed E-state index contributed by atoms with van der Waals surface area (Å²) in [5, 5.41) is 17.0. The smallest absolute Gasteiger partial charge is 0.380 e. The highest BCUT2D eigenvalue weighted by atomic mass is 16.5. The third kappa shape index (κ3) is 5.07. The van der Waals surface area contributed by atoms with Crippen molar-refractivity contribution >= 4 is 34.8 Å². The molecule has 3 amide bonds. The predicted molar refractivity (Wildman–Crippen MR) is 134 cm³/mol. The van der Waals surface area contributed by atoms with Crippen LogP contribution in [0, 0.1) is 6.92 Å². The van der Waals surface area contributed by atoms with Crippen LogP contribution in [0.2, 0.25) is 0 Å². The van der Waals surface area contributed by atoms with E-state index in [0.717, 1.165) is 0 Å². The quantitative estimate of drug-likeness (QED) is 0.415. The standard InChI is InChI=1S/C25H25N5O8/c1-14-11-15(5-6-18(14)22-27-25(35)38-28-22)26-23(33)20(32)21-24(34)30(8-10-37-21)17-4-2-3-16(12-17)29-7-9-36-13-19(29)31/h2-6,11-12,20-21,32H,7-10,13H2,1H3,(H,26,33)(H,27,28,35). The largest absolute Gasteiger partial charge is 0.439 e. The predicted octanol–water partition coefficient (Wildman–Crippen LogP) is 0.433. The highest BCUT2D eigenvalue weighted by molar-refractivity contribution is 6.04. The third-order valence-corrected chi connectivity index (χ3v) is 6.31. The summed E-state index contributed by atoms with van der Waals surface area (Å²) < 4.78 is 15.2. The van der Waals surface area contributed by atoms with Crippen molar-refractivity contribution in [2.75, 3.05) is 48.0 Å². The van der Waals surface area contributed by atoms with E-state index in [0.29, 0.717) is 41.3 Å². The summed E-state index contributed by atoms with van der Waals surface area (Å²) >= 11 is 0. The van der Waals surface area contributed by atoms with E-state index >= 15 is 0 Å². The first-order valence-electron chi connectivity index (χ1n) is 11.9. The molecule has 0 saturated carbocycles. The number of carbonyl (C=O) groups excluding carboxylic acids is 3. The molecule has 2 aliphatic heterocycles. The number of aromatic nitrogens is 2. The fourth-order valence-electron chi connectivity index (χ4n) is 4.42. The first kappa shape index (κ1) is 25.3. The van der Waals surface area contributed by atoms with Crippen LogP contribution >= 0.6 is 0 Å². The summed E-state index contributed by atoms with van der Waals surface area (Å²) in [6.45, 7) is 2.88. The van der Waals surface area contributed by atoms with Gasteiger partial charge in [-0.25, -0.2) is 4.79 Å². The lowest BCUT2D eigenvalue weighted by atomic mass is 10.1. The van der Waals surface area contributed by atoms with Crippen molar-refractivity contribution in [3.05, 3.63) is 58.6 Å². The van der Waals surface area contributed by atoms with Crippen LogP contribution in [-0.2, 0) is 23.9 Å². The molecule has 38 heavy (non-hydrogen) atoms. The Morgan fingerprint density at radius 1 is 1.11 bits per heavy atom. The SMILES string of the molecule is Cc1cc(NC(=O)C(O)C2OCCN(c3cccc(N4CCOCC4=O)c3)C2=O)ccc1-c1noc(=O)[nH]1. The zero-order chi connectivity index (χ0) is 26.8. The minimum Gasteiger partial charge on any atom is -0.380 e. The number of aromatic amines is 1. The number of benzene rings is 2. The molecule has 0 aliphatic carbocycles. The van der Waals surface area contributed by atoms with Crippen LogP contribution in [0.4, 0.5) is 17.1 Å². The van der Waals surface area contributed by atoms with Gasteiger partial charge in [0.15, 0.2) is 18.0 Å². The minimum absolute atomic E-state index is 0.00786. The number of amides is 3. The van der Waals surface area contributed by atoms with Gasteiger partial charge in [-0.1, -0.05) is 11.2 Å². The van der Waals surface area contributed by atoms with E-state index in [1.807, 2.05) is 0 Å². The third-order valence-electron chi connectivity index (χ3n) is 6.31. The normalized spacial score (nSPS) is 18.9. The molecule has 5 rings (SSSR count). The summed E-state index contributed by atoms with van der Waals surface area (Å²) in [6.07, 6.45) is -3.20. The Morgan fingerprint density at radius 3 is 2.58 bits per heavy atom. The zero-order valence-electron chi connectivity index (χ0n) is 20.4. The molecule has 0 spiro atoms. The number of aryl methyl sites for hydroxylation is 1. The molecule has 2 unspecified atom stereocenters. The van der Waals surface area contributed by atoms with Crippen LogP contribution < -0.4 is 20.9 Å². The van der Waals surface area contributed by atoms with Crippen LogP contribution in [0.3, 0.4) is 0 Å². The van der Waals surface area contributed by atoms with E-state index < -0.39 is 29.8 Å². The number of H-pyrrole nitrogens is 1. The van der Waals surface area contributed by atoms with Crippen molar-refractivity contribution in [1.82, 2.24) is 10.1 Å². The van der Waals surface area contributed by atoms with Crippen LogP contribution in [0.5, 0.6) is 0 Å². The van der Waals surface area contributed by atoms with Crippen LogP contribution in [-0.4, -0.2) is 78.1 Å². The van der Waals surface area contributed by atoms with Gasteiger partial charge in [0, 0.05) is 35.7 Å². The van der Waals surface area contributed by atoms with Gasteiger partial charge in [-0.2, -0.15) is 0 Å². The van der Waals surface area contributed by atoms with Gasteiger partial charge in [0.1, 0.15) is 6.61 Å². The Kier molecular flexibility index (Phi) is 7.05. The molecule has 13 heteroatoms. The highest BCUT2D eigenvalue weighted by Gasteiger charge is 2.39. The fraction of sp³-hybridized carbons (Fsp3) is 0.320. The van der Waals surface area contributed by atoms with E-state index in [4.69, 9.17) is 9.47 Å². The van der Waals surface area contributed by atoms with E-state index in [1.54, 1.807) is 54.3 Å². The van der Waals surface area contributed by atoms with Crippen LogP contribution in [0.15, 0.2) is 51.8 Å². The minimum atomic E-state index is -1.78. The molecule has 13 nitrogen and oxygen atoms in total. The summed E-state index contributed by atoms with van der Waals surface area (Å²) in [4.78, 5) is 55.0. The van der Waals surface area contributed by atoms with E-state index in [2.05, 4.69) is 20.0 Å². The summed E-state index contributed by atoms with van der Waals surface area (Å²) in [6, 6.07) is 11.7. The van der Waals surface area contributed by atoms with Gasteiger partial charge >= 0.3 is 5.76 Å². The Labute approximate surface area is 215 Å². The lowest BCUT2D eigenvalue weighted by Gasteiger charge is -2.35. The average molecular weight is 524 g/mol. The Hall–Kier alpha value is -4.33. The number of carbonyl (C=O) groups is 3. The molecule has 2 aromatic carbocycles. The Balaban J connectivity index is 1.28. The van der Waals surface area contributed by atoms with Gasteiger partial charge in [-0.05, 0) is 48.9 Å². The number of ether oxygens (including phenoxy) is 2. The molecular weight excluding hydrogens is 498 g/mol. The van der Waals surface area contributed by atoms with E-state index in [1.165, 1.54) is 4.90 Å². The number of hydrogen-bond donors (Lipinski definition) is 3. The topological polar surface area (TPSA) is 167 Å². The first-order valence-corrected chi connectivity index (χ1v) is 11.9. The van der Waals surface area contributed by atoms with Crippen LogP contribution in [0.1, 0.15) is 5.56 Å². The maximum absolute atomic E-state index is 13.2. The van der Waals surface area contributed by atoms with Crippen molar-refractivity contribution in [1.29, 1.82) is 0 Å². The second kappa shape index (κ2) is 10.6. The van der Waals surface area contributed by atoms with Crippen molar-refractivity contribution in [2.24, 2.45) is 0 Å². The number of nitrogens with one attached hydrogen (secondary N) is 2. The average Bonchev–Trinajstić information content (AvgIpc) is 3.34. The van der Waals surface area contributed by atoms with Crippen molar-refractivity contribution in [3.8, 4) is 11.4 Å². The molecule has 0 radical (unpaired) electrons. The number of morpholine rings is 2. The van der Waals surface area contributed by atoms with Crippen molar-refractivity contribution in [2.45, 2.75) is 19.1 Å². The van der Waals surface area contributed by atoms with Gasteiger partial charge in [0.05, 0.1) is 13.2 Å². The second-order valence-corrected chi connectivity index (χ2v) is 8.81. The maximum Gasteiger partial charge on any atom is 0.439 e. The van der Waals surface area contributed by atoms with E-state index in [-0.39, 0.29) is 31.5 Å². The molecule has 2 fully saturated rings. The summed E-state index contributed by atoms with van der Waals surface area (Å²) in [7, 11) is 0.